The third-order valence-corrected chi connectivity index (χ3v) is 3.49. The first-order chi connectivity index (χ1) is 10.7. The second-order valence-electron chi connectivity index (χ2n) is 5.02. The summed E-state index contributed by atoms with van der Waals surface area (Å²) in [5, 5.41) is 6.16. The van der Waals surface area contributed by atoms with Crippen LogP contribution in [0, 0.1) is 0 Å². The minimum Gasteiger partial charge on any atom is -0.497 e. The lowest BCUT2D eigenvalue weighted by molar-refractivity contribution is -0.120. The summed E-state index contributed by atoms with van der Waals surface area (Å²) >= 11 is 0. The molecule has 4 heteroatoms. The third kappa shape index (κ3) is 4.52. The molecular formula is C18H22N2O2. The SMILES string of the molecule is CCC(NC(=O)CNc1ccc(OC)cc1)c1ccccc1. The molecule has 2 N–H and O–H groups in total. The quantitative estimate of drug-likeness (QED) is 0.824. The normalized spacial score (nSPS) is 11.5. The van der Waals surface area contributed by atoms with Crippen LogP contribution in [0.15, 0.2) is 54.6 Å². The second kappa shape index (κ2) is 8.08. The predicted octanol–water partition coefficient (Wildman–Crippen LogP) is 3.37. The van der Waals surface area contributed by atoms with Gasteiger partial charge in [0.1, 0.15) is 5.75 Å². The van der Waals surface area contributed by atoms with Gasteiger partial charge in [-0.2, -0.15) is 0 Å². The first-order valence-corrected chi connectivity index (χ1v) is 7.45. The van der Waals surface area contributed by atoms with Gasteiger partial charge in [0.15, 0.2) is 0 Å². The summed E-state index contributed by atoms with van der Waals surface area (Å²) in [5.74, 6) is 0.775. The fourth-order valence-electron chi connectivity index (χ4n) is 2.24. The van der Waals surface area contributed by atoms with Gasteiger partial charge in [0.05, 0.1) is 19.7 Å². The molecule has 1 unspecified atom stereocenters. The summed E-state index contributed by atoms with van der Waals surface area (Å²) in [7, 11) is 1.63. The smallest absolute Gasteiger partial charge is 0.239 e. The van der Waals surface area contributed by atoms with Crippen LogP contribution in [0.25, 0.3) is 0 Å². The van der Waals surface area contributed by atoms with Crippen LogP contribution in [-0.4, -0.2) is 19.6 Å². The van der Waals surface area contributed by atoms with E-state index in [-0.39, 0.29) is 18.5 Å². The van der Waals surface area contributed by atoms with E-state index < -0.39 is 0 Å². The van der Waals surface area contributed by atoms with Crippen LogP contribution in [0.4, 0.5) is 5.69 Å². The first-order valence-electron chi connectivity index (χ1n) is 7.45. The van der Waals surface area contributed by atoms with Crippen LogP contribution in [-0.2, 0) is 4.79 Å². The zero-order valence-corrected chi connectivity index (χ0v) is 13.0. The predicted molar refractivity (Wildman–Crippen MR) is 89.1 cm³/mol. The van der Waals surface area contributed by atoms with Gasteiger partial charge in [-0.1, -0.05) is 37.3 Å². The number of hydrogen-bond donors (Lipinski definition) is 2. The summed E-state index contributed by atoms with van der Waals surface area (Å²) < 4.78 is 5.10. The Morgan fingerprint density at radius 3 is 2.36 bits per heavy atom. The largest absolute Gasteiger partial charge is 0.497 e. The molecule has 0 saturated heterocycles. The molecule has 116 valence electrons. The van der Waals surface area contributed by atoms with Crippen LogP contribution in [0.3, 0.4) is 0 Å². The Hall–Kier alpha value is -2.49. The number of anilines is 1. The van der Waals surface area contributed by atoms with Gasteiger partial charge in [-0.3, -0.25) is 4.79 Å². The second-order valence-corrected chi connectivity index (χ2v) is 5.02. The highest BCUT2D eigenvalue weighted by Gasteiger charge is 2.11. The van der Waals surface area contributed by atoms with E-state index >= 15 is 0 Å². The number of rotatable bonds is 7. The fourth-order valence-corrected chi connectivity index (χ4v) is 2.24. The maximum atomic E-state index is 12.1. The highest BCUT2D eigenvalue weighted by atomic mass is 16.5. The number of carbonyl (C=O) groups is 1. The van der Waals surface area contributed by atoms with Crippen LogP contribution in [0.2, 0.25) is 0 Å². The average molecular weight is 298 g/mol. The van der Waals surface area contributed by atoms with Crippen LogP contribution >= 0.6 is 0 Å². The minimum atomic E-state index is -0.0217. The van der Waals surface area contributed by atoms with Crippen molar-refractivity contribution in [3.05, 3.63) is 60.2 Å². The molecule has 0 fully saturated rings. The fraction of sp³-hybridized carbons (Fsp3) is 0.278. The van der Waals surface area contributed by atoms with E-state index in [9.17, 15) is 4.79 Å². The Labute approximate surface area is 131 Å². The Kier molecular flexibility index (Phi) is 5.83. The van der Waals surface area contributed by atoms with E-state index in [2.05, 4.69) is 17.6 Å². The highest BCUT2D eigenvalue weighted by molar-refractivity contribution is 5.81. The van der Waals surface area contributed by atoms with Crippen LogP contribution in [0.1, 0.15) is 24.9 Å². The van der Waals surface area contributed by atoms with Crippen LogP contribution < -0.4 is 15.4 Å². The molecule has 1 atom stereocenters. The molecule has 2 aromatic carbocycles. The molecule has 0 aromatic heterocycles. The van der Waals surface area contributed by atoms with Gasteiger partial charge in [0, 0.05) is 5.69 Å². The molecule has 4 nitrogen and oxygen atoms in total. The Morgan fingerprint density at radius 2 is 1.77 bits per heavy atom. The number of methoxy groups -OCH3 is 1. The molecule has 0 heterocycles. The van der Waals surface area contributed by atoms with Crippen molar-refractivity contribution in [1.82, 2.24) is 5.32 Å². The minimum absolute atomic E-state index is 0.0217. The third-order valence-electron chi connectivity index (χ3n) is 3.49. The summed E-state index contributed by atoms with van der Waals surface area (Å²) in [5.41, 5.74) is 2.02. The van der Waals surface area contributed by atoms with Crippen LogP contribution in [0.5, 0.6) is 5.75 Å². The Bertz CT molecular complexity index is 582. The average Bonchev–Trinajstić information content (AvgIpc) is 2.59. The summed E-state index contributed by atoms with van der Waals surface area (Å²) in [4.78, 5) is 12.1. The van der Waals surface area contributed by atoms with Gasteiger partial charge in [0.25, 0.3) is 0 Å². The molecule has 0 aliphatic heterocycles. The van der Waals surface area contributed by atoms with Gasteiger partial charge >= 0.3 is 0 Å². The standard InChI is InChI=1S/C18H22N2O2/c1-3-17(14-7-5-4-6-8-14)20-18(21)13-19-15-9-11-16(22-2)12-10-15/h4-12,17,19H,3,13H2,1-2H3,(H,20,21). The van der Waals surface area contributed by atoms with Gasteiger partial charge in [0.2, 0.25) is 5.91 Å². The molecule has 0 aliphatic rings. The first kappa shape index (κ1) is 15.9. The molecule has 0 aliphatic carbocycles. The Balaban J connectivity index is 1.86. The van der Waals surface area contributed by atoms with Crippen molar-refractivity contribution in [1.29, 1.82) is 0 Å². The molecule has 2 rings (SSSR count). The number of amides is 1. The summed E-state index contributed by atoms with van der Waals surface area (Å²) in [6.45, 7) is 2.31. The molecule has 1 amide bonds. The molecule has 0 spiro atoms. The van der Waals surface area contributed by atoms with Crippen molar-refractivity contribution in [2.45, 2.75) is 19.4 Å². The van der Waals surface area contributed by atoms with Crippen molar-refractivity contribution in [3.63, 3.8) is 0 Å². The number of nitrogens with one attached hydrogen (secondary N) is 2. The van der Waals surface area contributed by atoms with Crippen molar-refractivity contribution in [2.75, 3.05) is 19.0 Å². The number of benzene rings is 2. The number of hydrogen-bond acceptors (Lipinski definition) is 3. The molecule has 2 aromatic rings. The van der Waals surface area contributed by atoms with E-state index in [0.29, 0.717) is 0 Å². The summed E-state index contributed by atoms with van der Waals surface area (Å²) in [6, 6.07) is 17.6. The van der Waals surface area contributed by atoms with Crippen molar-refractivity contribution < 1.29 is 9.53 Å². The lowest BCUT2D eigenvalue weighted by Gasteiger charge is -2.18. The molecule has 22 heavy (non-hydrogen) atoms. The molecular weight excluding hydrogens is 276 g/mol. The molecule has 0 saturated carbocycles. The summed E-state index contributed by atoms with van der Waals surface area (Å²) in [6.07, 6.45) is 0.859. The van der Waals surface area contributed by atoms with Gasteiger partial charge in [-0.05, 0) is 36.2 Å². The zero-order valence-electron chi connectivity index (χ0n) is 13.0. The molecule has 0 radical (unpaired) electrons. The van der Waals surface area contributed by atoms with E-state index in [1.165, 1.54) is 0 Å². The van der Waals surface area contributed by atoms with Gasteiger partial charge in [-0.25, -0.2) is 0 Å². The maximum absolute atomic E-state index is 12.1. The van der Waals surface area contributed by atoms with Gasteiger partial charge in [-0.15, -0.1) is 0 Å². The Morgan fingerprint density at radius 1 is 1.09 bits per heavy atom. The monoisotopic (exact) mass is 298 g/mol. The maximum Gasteiger partial charge on any atom is 0.239 e. The van der Waals surface area contributed by atoms with E-state index in [0.717, 1.165) is 23.4 Å². The van der Waals surface area contributed by atoms with E-state index in [1.807, 2.05) is 54.6 Å². The van der Waals surface area contributed by atoms with Crippen molar-refractivity contribution in [3.8, 4) is 5.75 Å². The number of carbonyl (C=O) groups excluding carboxylic acids is 1. The van der Waals surface area contributed by atoms with E-state index in [1.54, 1.807) is 7.11 Å². The van der Waals surface area contributed by atoms with E-state index in [4.69, 9.17) is 4.74 Å². The number of ether oxygens (including phenoxy) is 1. The molecule has 0 bridgehead atoms. The zero-order chi connectivity index (χ0) is 15.8. The van der Waals surface area contributed by atoms with Gasteiger partial charge < -0.3 is 15.4 Å². The lowest BCUT2D eigenvalue weighted by Crippen LogP contribution is -2.33. The topological polar surface area (TPSA) is 50.4 Å². The highest BCUT2D eigenvalue weighted by Crippen LogP contribution is 2.16. The van der Waals surface area contributed by atoms with Crippen molar-refractivity contribution in [2.24, 2.45) is 0 Å². The van der Waals surface area contributed by atoms with Crippen molar-refractivity contribution >= 4 is 11.6 Å². The lowest BCUT2D eigenvalue weighted by atomic mass is 10.0.